The molecule has 7 nitrogen and oxygen atoms in total. The Hall–Kier alpha value is -3.79. The largest absolute Gasteiger partial charge is 0.493 e. The lowest BCUT2D eigenvalue weighted by Crippen LogP contribution is -2.20. The van der Waals surface area contributed by atoms with Gasteiger partial charge in [-0.15, -0.1) is 0 Å². The molecule has 2 aromatic rings. The fourth-order valence-corrected chi connectivity index (χ4v) is 2.28. The molecule has 27 heavy (non-hydrogen) atoms. The molecule has 0 spiro atoms. The van der Waals surface area contributed by atoms with Crippen LogP contribution in [-0.2, 0) is 9.59 Å². The third-order valence-electron chi connectivity index (χ3n) is 3.55. The number of nitriles is 1. The van der Waals surface area contributed by atoms with Gasteiger partial charge in [0.15, 0.2) is 18.1 Å². The molecule has 0 aliphatic carbocycles. The Morgan fingerprint density at radius 3 is 2.63 bits per heavy atom. The van der Waals surface area contributed by atoms with E-state index in [0.29, 0.717) is 22.7 Å². The van der Waals surface area contributed by atoms with Gasteiger partial charge in [0.05, 0.1) is 7.11 Å². The van der Waals surface area contributed by atoms with Crippen LogP contribution in [0.5, 0.6) is 11.5 Å². The van der Waals surface area contributed by atoms with Crippen LogP contribution >= 0.6 is 0 Å². The molecule has 138 valence electrons. The Morgan fingerprint density at radius 1 is 1.22 bits per heavy atom. The van der Waals surface area contributed by atoms with Crippen molar-refractivity contribution in [3.63, 3.8) is 0 Å². The molecule has 0 saturated carbocycles. The van der Waals surface area contributed by atoms with Crippen LogP contribution < -0.4 is 20.5 Å². The monoisotopic (exact) mass is 365 g/mol. The second kappa shape index (κ2) is 9.06. The second-order valence-corrected chi connectivity index (χ2v) is 5.65. The normalized spacial score (nSPS) is 10.6. The van der Waals surface area contributed by atoms with Crippen molar-refractivity contribution >= 4 is 23.6 Å². The van der Waals surface area contributed by atoms with Gasteiger partial charge in [-0.25, -0.2) is 0 Å². The summed E-state index contributed by atoms with van der Waals surface area (Å²) < 4.78 is 10.8. The summed E-state index contributed by atoms with van der Waals surface area (Å²) in [6, 6.07) is 13.9. The number of methoxy groups -OCH3 is 1. The molecular weight excluding hydrogens is 346 g/mol. The first kappa shape index (κ1) is 19.5. The van der Waals surface area contributed by atoms with E-state index in [0.717, 1.165) is 5.56 Å². The summed E-state index contributed by atoms with van der Waals surface area (Å²) in [4.78, 5) is 23.2. The molecule has 0 saturated heterocycles. The lowest BCUT2D eigenvalue weighted by Gasteiger charge is -2.12. The van der Waals surface area contributed by atoms with Crippen LogP contribution in [0, 0.1) is 18.3 Å². The number of rotatable bonds is 7. The Bertz CT molecular complexity index is 929. The molecule has 0 atom stereocenters. The van der Waals surface area contributed by atoms with Gasteiger partial charge >= 0.3 is 0 Å². The molecule has 0 heterocycles. The molecule has 2 amide bonds. The van der Waals surface area contributed by atoms with Crippen molar-refractivity contribution in [1.29, 1.82) is 5.26 Å². The highest BCUT2D eigenvalue weighted by molar-refractivity contribution is 6.00. The molecule has 0 fully saturated rings. The van der Waals surface area contributed by atoms with Gasteiger partial charge in [-0.1, -0.05) is 18.2 Å². The maximum Gasteiger partial charge on any atom is 0.262 e. The van der Waals surface area contributed by atoms with Gasteiger partial charge in [0, 0.05) is 5.69 Å². The Labute approximate surface area is 157 Å². The van der Waals surface area contributed by atoms with Gasteiger partial charge in [-0.3, -0.25) is 9.59 Å². The Kier molecular flexibility index (Phi) is 6.55. The number of ether oxygens (including phenoxy) is 2. The van der Waals surface area contributed by atoms with E-state index < -0.39 is 5.91 Å². The van der Waals surface area contributed by atoms with E-state index in [1.165, 1.54) is 13.2 Å². The summed E-state index contributed by atoms with van der Waals surface area (Å²) in [6.45, 7) is 1.73. The van der Waals surface area contributed by atoms with Crippen LogP contribution in [0.15, 0.2) is 48.0 Å². The average Bonchev–Trinajstić information content (AvgIpc) is 2.64. The second-order valence-electron chi connectivity index (χ2n) is 5.65. The van der Waals surface area contributed by atoms with E-state index in [1.54, 1.807) is 30.3 Å². The number of nitrogens with zero attached hydrogens (tertiary/aromatic N) is 1. The van der Waals surface area contributed by atoms with Crippen LogP contribution in [0.3, 0.4) is 0 Å². The average molecular weight is 365 g/mol. The number of hydrogen-bond acceptors (Lipinski definition) is 5. The SMILES string of the molecule is COc1cc(/C=C(\C#N)C(N)=O)ccc1OCC(=O)Nc1cccc(C)c1. The van der Waals surface area contributed by atoms with E-state index in [2.05, 4.69) is 5.32 Å². The van der Waals surface area contributed by atoms with Crippen molar-refractivity contribution in [2.75, 3.05) is 19.0 Å². The summed E-state index contributed by atoms with van der Waals surface area (Å²) in [7, 11) is 1.45. The first-order valence-corrected chi connectivity index (χ1v) is 8.02. The van der Waals surface area contributed by atoms with Crippen molar-refractivity contribution in [2.24, 2.45) is 5.73 Å². The molecule has 0 aromatic heterocycles. The van der Waals surface area contributed by atoms with E-state index in [4.69, 9.17) is 20.5 Å². The van der Waals surface area contributed by atoms with E-state index in [9.17, 15) is 9.59 Å². The molecule has 0 unspecified atom stereocenters. The summed E-state index contributed by atoms with van der Waals surface area (Å²) in [6.07, 6.45) is 1.35. The van der Waals surface area contributed by atoms with Crippen LogP contribution in [0.25, 0.3) is 6.08 Å². The van der Waals surface area contributed by atoms with Crippen LogP contribution in [0.4, 0.5) is 5.69 Å². The van der Waals surface area contributed by atoms with Crippen molar-refractivity contribution in [3.05, 3.63) is 59.2 Å². The Balaban J connectivity index is 2.07. The quantitative estimate of drug-likeness (QED) is 0.578. The van der Waals surface area contributed by atoms with Gasteiger partial charge in [0.2, 0.25) is 0 Å². The molecule has 0 radical (unpaired) electrons. The standard InChI is InChI=1S/C20H19N3O4/c1-13-4-3-5-16(8-13)23-19(24)12-27-17-7-6-14(10-18(17)26-2)9-15(11-21)20(22)25/h3-10H,12H2,1-2H3,(H2,22,25)(H,23,24)/b15-9+. The van der Waals surface area contributed by atoms with Crippen molar-refractivity contribution in [3.8, 4) is 17.6 Å². The van der Waals surface area contributed by atoms with Gasteiger partial charge in [-0.2, -0.15) is 5.26 Å². The summed E-state index contributed by atoms with van der Waals surface area (Å²) in [5.41, 5.74) is 7.20. The lowest BCUT2D eigenvalue weighted by atomic mass is 10.1. The molecule has 3 N–H and O–H groups in total. The first-order valence-electron chi connectivity index (χ1n) is 8.02. The van der Waals surface area contributed by atoms with Crippen molar-refractivity contribution in [2.45, 2.75) is 6.92 Å². The number of primary amides is 1. The van der Waals surface area contributed by atoms with Crippen LogP contribution in [0.2, 0.25) is 0 Å². The van der Waals surface area contributed by atoms with E-state index in [-0.39, 0.29) is 18.1 Å². The Morgan fingerprint density at radius 2 is 2.00 bits per heavy atom. The van der Waals surface area contributed by atoms with Gasteiger partial charge in [-0.05, 0) is 48.4 Å². The minimum absolute atomic E-state index is 0.178. The van der Waals surface area contributed by atoms with Gasteiger partial charge < -0.3 is 20.5 Å². The fourth-order valence-electron chi connectivity index (χ4n) is 2.28. The number of anilines is 1. The molecule has 2 rings (SSSR count). The highest BCUT2D eigenvalue weighted by Crippen LogP contribution is 2.29. The maximum atomic E-state index is 12.0. The topological polar surface area (TPSA) is 114 Å². The minimum Gasteiger partial charge on any atom is -0.493 e. The van der Waals surface area contributed by atoms with Crippen molar-refractivity contribution in [1.82, 2.24) is 0 Å². The minimum atomic E-state index is -0.815. The fraction of sp³-hybridized carbons (Fsp3) is 0.150. The van der Waals surface area contributed by atoms with Crippen LogP contribution in [-0.4, -0.2) is 25.5 Å². The number of amides is 2. The highest BCUT2D eigenvalue weighted by atomic mass is 16.5. The van der Waals surface area contributed by atoms with E-state index in [1.807, 2.05) is 25.1 Å². The molecule has 2 aromatic carbocycles. The number of aryl methyl sites for hydroxylation is 1. The smallest absolute Gasteiger partial charge is 0.262 e. The number of carbonyl (C=O) groups excluding carboxylic acids is 2. The summed E-state index contributed by atoms with van der Waals surface area (Å²) >= 11 is 0. The molecule has 7 heteroatoms. The predicted molar refractivity (Wildman–Crippen MR) is 101 cm³/mol. The molecule has 0 aliphatic rings. The first-order chi connectivity index (χ1) is 12.9. The number of benzene rings is 2. The molecule has 0 aliphatic heterocycles. The third kappa shape index (κ3) is 5.61. The predicted octanol–water partition coefficient (Wildman–Crippen LogP) is 2.41. The zero-order valence-electron chi connectivity index (χ0n) is 15.0. The highest BCUT2D eigenvalue weighted by Gasteiger charge is 2.10. The zero-order valence-corrected chi connectivity index (χ0v) is 15.0. The summed E-state index contributed by atoms with van der Waals surface area (Å²) in [5.74, 6) is -0.419. The number of nitrogens with one attached hydrogen (secondary N) is 1. The van der Waals surface area contributed by atoms with Crippen LogP contribution in [0.1, 0.15) is 11.1 Å². The molecule has 0 bridgehead atoms. The van der Waals surface area contributed by atoms with E-state index >= 15 is 0 Å². The van der Waals surface area contributed by atoms with Gasteiger partial charge in [0.25, 0.3) is 11.8 Å². The number of hydrogen-bond donors (Lipinski definition) is 2. The van der Waals surface area contributed by atoms with Crippen molar-refractivity contribution < 1.29 is 19.1 Å². The lowest BCUT2D eigenvalue weighted by molar-refractivity contribution is -0.118. The maximum absolute atomic E-state index is 12.0. The summed E-state index contributed by atoms with van der Waals surface area (Å²) in [5, 5.41) is 11.6. The third-order valence-corrected chi connectivity index (χ3v) is 3.55. The number of nitrogens with two attached hydrogens (primary N) is 1. The number of carbonyl (C=O) groups is 2. The zero-order chi connectivity index (χ0) is 19.8. The van der Waals surface area contributed by atoms with Gasteiger partial charge in [0.1, 0.15) is 11.6 Å². The molecular formula is C20H19N3O4.